The van der Waals surface area contributed by atoms with Gasteiger partial charge >= 0.3 is 0 Å². The molecule has 0 saturated heterocycles. The van der Waals surface area contributed by atoms with E-state index in [4.69, 9.17) is 4.74 Å². The third kappa shape index (κ3) is 5.61. The van der Waals surface area contributed by atoms with E-state index in [2.05, 4.69) is 5.32 Å². The molecule has 1 N–H and O–H groups in total. The third-order valence-electron chi connectivity index (χ3n) is 4.56. The van der Waals surface area contributed by atoms with Crippen LogP contribution in [0.25, 0.3) is 0 Å². The summed E-state index contributed by atoms with van der Waals surface area (Å²) < 4.78 is 59.9. The highest BCUT2D eigenvalue weighted by molar-refractivity contribution is 7.92. The second kappa shape index (κ2) is 10.2. The number of rotatable bonds is 9. The van der Waals surface area contributed by atoms with Crippen molar-refractivity contribution in [3.8, 4) is 5.75 Å². The quantitative estimate of drug-likeness (QED) is 0.526. The Labute approximate surface area is 185 Å². The molecule has 0 heterocycles. The van der Waals surface area contributed by atoms with Gasteiger partial charge in [-0.15, -0.1) is 0 Å². The maximum Gasteiger partial charge on any atom is 0.264 e. The number of ether oxygens (including phenoxy) is 1. The average Bonchev–Trinajstić information content (AvgIpc) is 2.78. The smallest absolute Gasteiger partial charge is 0.264 e. The summed E-state index contributed by atoms with van der Waals surface area (Å²) in [6.45, 7) is 1.61. The molecule has 3 rings (SSSR count). The molecule has 0 atom stereocenters. The van der Waals surface area contributed by atoms with Crippen LogP contribution in [0.2, 0.25) is 0 Å². The van der Waals surface area contributed by atoms with Gasteiger partial charge in [0.1, 0.15) is 23.9 Å². The van der Waals surface area contributed by atoms with Gasteiger partial charge in [0.2, 0.25) is 5.91 Å². The lowest BCUT2D eigenvalue weighted by molar-refractivity contribution is -0.119. The number of carbonyl (C=O) groups excluding carboxylic acids is 1. The number of nitrogens with one attached hydrogen (secondary N) is 1. The van der Waals surface area contributed by atoms with Gasteiger partial charge in [-0.25, -0.2) is 17.2 Å². The lowest BCUT2D eigenvalue weighted by Gasteiger charge is -2.24. The van der Waals surface area contributed by atoms with Crippen molar-refractivity contribution in [2.75, 3.05) is 17.5 Å². The fourth-order valence-corrected chi connectivity index (χ4v) is 4.37. The zero-order chi connectivity index (χ0) is 23.1. The minimum absolute atomic E-state index is 0.0980. The van der Waals surface area contributed by atoms with E-state index in [-0.39, 0.29) is 22.7 Å². The molecule has 168 valence electrons. The van der Waals surface area contributed by atoms with Crippen molar-refractivity contribution in [2.45, 2.75) is 18.4 Å². The van der Waals surface area contributed by atoms with Crippen LogP contribution in [0.4, 0.5) is 14.5 Å². The number of sulfonamides is 1. The van der Waals surface area contributed by atoms with E-state index < -0.39 is 34.1 Å². The molecule has 1 amide bonds. The molecule has 0 saturated carbocycles. The Balaban J connectivity index is 1.86. The molecule has 0 spiro atoms. The first-order valence-corrected chi connectivity index (χ1v) is 11.3. The SMILES string of the molecule is CCOc1ccc(N(CC(=O)NCc2ccccc2F)S(=O)(=O)c2ccc(F)cc2)cc1. The van der Waals surface area contributed by atoms with E-state index in [0.29, 0.717) is 12.4 Å². The molecule has 3 aromatic carbocycles. The summed E-state index contributed by atoms with van der Waals surface area (Å²) in [5, 5.41) is 2.53. The first-order chi connectivity index (χ1) is 15.3. The van der Waals surface area contributed by atoms with Crippen molar-refractivity contribution in [2.24, 2.45) is 0 Å². The summed E-state index contributed by atoms with van der Waals surface area (Å²) >= 11 is 0. The molecule has 0 aliphatic carbocycles. The van der Waals surface area contributed by atoms with Gasteiger partial charge in [-0.1, -0.05) is 18.2 Å². The predicted molar refractivity (Wildman–Crippen MR) is 117 cm³/mol. The standard InChI is InChI=1S/C23H22F2N2O4S/c1-2-31-20-11-9-19(10-12-20)27(32(29,30)21-13-7-18(24)8-14-21)16-23(28)26-15-17-5-3-4-6-22(17)25/h3-14H,2,15-16H2,1H3,(H,26,28). The van der Waals surface area contributed by atoms with E-state index in [0.717, 1.165) is 28.6 Å². The van der Waals surface area contributed by atoms with Crippen molar-refractivity contribution in [3.63, 3.8) is 0 Å². The van der Waals surface area contributed by atoms with Gasteiger partial charge in [0.25, 0.3) is 10.0 Å². The van der Waals surface area contributed by atoms with Crippen molar-refractivity contribution in [3.05, 3.63) is 90.0 Å². The average molecular weight is 461 g/mol. The van der Waals surface area contributed by atoms with Gasteiger partial charge in [0, 0.05) is 12.1 Å². The van der Waals surface area contributed by atoms with Gasteiger partial charge in [-0.05, 0) is 61.5 Å². The Kier molecular flexibility index (Phi) is 7.42. The van der Waals surface area contributed by atoms with Gasteiger partial charge in [0.15, 0.2) is 0 Å². The molecule has 3 aromatic rings. The Morgan fingerprint density at radius 2 is 1.62 bits per heavy atom. The van der Waals surface area contributed by atoms with Crippen molar-refractivity contribution in [1.29, 1.82) is 0 Å². The third-order valence-corrected chi connectivity index (χ3v) is 6.35. The second-order valence-electron chi connectivity index (χ2n) is 6.76. The first kappa shape index (κ1) is 23.2. The van der Waals surface area contributed by atoms with Crippen LogP contribution in [0.1, 0.15) is 12.5 Å². The van der Waals surface area contributed by atoms with Crippen molar-refractivity contribution >= 4 is 21.6 Å². The van der Waals surface area contributed by atoms with E-state index in [9.17, 15) is 22.0 Å². The molecule has 0 fully saturated rings. The van der Waals surface area contributed by atoms with E-state index in [1.807, 2.05) is 6.92 Å². The molecule has 0 unspecified atom stereocenters. The molecule has 0 aromatic heterocycles. The zero-order valence-electron chi connectivity index (χ0n) is 17.3. The predicted octanol–water partition coefficient (Wildman–Crippen LogP) is 3.88. The highest BCUT2D eigenvalue weighted by atomic mass is 32.2. The Morgan fingerprint density at radius 3 is 2.25 bits per heavy atom. The molecule has 6 nitrogen and oxygen atoms in total. The number of hydrogen-bond donors (Lipinski definition) is 1. The van der Waals surface area contributed by atoms with E-state index >= 15 is 0 Å². The maximum absolute atomic E-state index is 13.8. The molecule has 0 bridgehead atoms. The Bertz CT molecular complexity index is 1170. The zero-order valence-corrected chi connectivity index (χ0v) is 18.1. The fourth-order valence-electron chi connectivity index (χ4n) is 2.95. The van der Waals surface area contributed by atoms with Crippen LogP contribution in [-0.2, 0) is 21.4 Å². The number of amides is 1. The molecular weight excluding hydrogens is 438 g/mol. The monoisotopic (exact) mass is 460 g/mol. The first-order valence-electron chi connectivity index (χ1n) is 9.82. The lowest BCUT2D eigenvalue weighted by atomic mass is 10.2. The number of carbonyl (C=O) groups is 1. The molecule has 9 heteroatoms. The number of nitrogens with zero attached hydrogens (tertiary/aromatic N) is 1. The van der Waals surface area contributed by atoms with Crippen molar-refractivity contribution < 1.29 is 26.7 Å². The largest absolute Gasteiger partial charge is 0.494 e. The second-order valence-corrected chi connectivity index (χ2v) is 8.62. The number of halogens is 2. The highest BCUT2D eigenvalue weighted by Gasteiger charge is 2.27. The van der Waals surface area contributed by atoms with Gasteiger partial charge in [-0.3, -0.25) is 9.10 Å². The van der Waals surface area contributed by atoms with Gasteiger partial charge in [-0.2, -0.15) is 0 Å². The van der Waals surface area contributed by atoms with Crippen LogP contribution >= 0.6 is 0 Å². The molecule has 0 aliphatic heterocycles. The number of hydrogen-bond acceptors (Lipinski definition) is 4. The highest BCUT2D eigenvalue weighted by Crippen LogP contribution is 2.26. The van der Waals surface area contributed by atoms with Crippen LogP contribution in [0, 0.1) is 11.6 Å². The van der Waals surface area contributed by atoms with Gasteiger partial charge in [0.05, 0.1) is 17.2 Å². The molecule has 0 aliphatic rings. The normalized spacial score (nSPS) is 11.1. The topological polar surface area (TPSA) is 75.7 Å². The molecule has 32 heavy (non-hydrogen) atoms. The van der Waals surface area contributed by atoms with Crippen LogP contribution in [0.15, 0.2) is 77.7 Å². The summed E-state index contributed by atoms with van der Waals surface area (Å²) in [6.07, 6.45) is 0. The van der Waals surface area contributed by atoms with E-state index in [1.165, 1.54) is 30.3 Å². The minimum Gasteiger partial charge on any atom is -0.494 e. The number of anilines is 1. The lowest BCUT2D eigenvalue weighted by Crippen LogP contribution is -2.40. The summed E-state index contributed by atoms with van der Waals surface area (Å²) in [5.41, 5.74) is 0.494. The summed E-state index contributed by atoms with van der Waals surface area (Å²) in [7, 11) is -4.19. The number of benzene rings is 3. The van der Waals surface area contributed by atoms with Gasteiger partial charge < -0.3 is 10.1 Å². The maximum atomic E-state index is 13.8. The van der Waals surface area contributed by atoms with E-state index in [1.54, 1.807) is 18.2 Å². The summed E-state index contributed by atoms with van der Waals surface area (Å²) in [4.78, 5) is 12.4. The molecular formula is C23H22F2N2O4S. The molecule has 0 radical (unpaired) electrons. The summed E-state index contributed by atoms with van der Waals surface area (Å²) in [6, 6.07) is 16.5. The Hall–Kier alpha value is -3.46. The fraction of sp³-hybridized carbons (Fsp3) is 0.174. The minimum atomic E-state index is -4.19. The van der Waals surface area contributed by atoms with Crippen LogP contribution < -0.4 is 14.4 Å². The Morgan fingerprint density at radius 1 is 0.969 bits per heavy atom. The van der Waals surface area contributed by atoms with Crippen LogP contribution in [0.5, 0.6) is 5.75 Å². The van der Waals surface area contributed by atoms with Crippen LogP contribution in [0.3, 0.4) is 0 Å². The summed E-state index contributed by atoms with van der Waals surface area (Å²) in [5.74, 6) is -1.15. The van der Waals surface area contributed by atoms with Crippen LogP contribution in [-0.4, -0.2) is 27.5 Å². The van der Waals surface area contributed by atoms with Crippen molar-refractivity contribution in [1.82, 2.24) is 5.32 Å².